The van der Waals surface area contributed by atoms with Crippen molar-refractivity contribution in [1.29, 1.82) is 5.26 Å². The molecule has 0 aliphatic carbocycles. The van der Waals surface area contributed by atoms with Gasteiger partial charge in [0, 0.05) is 19.0 Å². The predicted molar refractivity (Wildman–Crippen MR) is 88.2 cm³/mol. The van der Waals surface area contributed by atoms with E-state index in [2.05, 4.69) is 6.07 Å². The van der Waals surface area contributed by atoms with Crippen LogP contribution in [0.1, 0.15) is 30.7 Å². The number of piperidine rings is 1. The highest BCUT2D eigenvalue weighted by Crippen LogP contribution is 2.33. The van der Waals surface area contributed by atoms with E-state index < -0.39 is 10.0 Å². The molecule has 0 amide bonds. The number of nitriles is 1. The van der Waals surface area contributed by atoms with Gasteiger partial charge in [0.25, 0.3) is 0 Å². The summed E-state index contributed by atoms with van der Waals surface area (Å²) in [4.78, 5) is 0. The van der Waals surface area contributed by atoms with E-state index >= 15 is 0 Å². The van der Waals surface area contributed by atoms with Gasteiger partial charge in [-0.3, -0.25) is 0 Å². The molecule has 0 radical (unpaired) electrons. The molecular weight excluding hydrogens is 320 g/mol. The first-order chi connectivity index (χ1) is 10.6. The lowest BCUT2D eigenvalue weighted by atomic mass is 9.81. The van der Waals surface area contributed by atoms with Crippen LogP contribution in [0.3, 0.4) is 0 Å². The van der Waals surface area contributed by atoms with Gasteiger partial charge in [0.2, 0.25) is 10.0 Å². The Bertz CT molecular complexity index is 605. The zero-order valence-electron chi connectivity index (χ0n) is 12.5. The van der Waals surface area contributed by atoms with Crippen LogP contribution in [0.15, 0.2) is 30.3 Å². The molecule has 6 heteroatoms. The van der Waals surface area contributed by atoms with Gasteiger partial charge in [0.1, 0.15) is 0 Å². The number of sulfonamides is 1. The monoisotopic (exact) mass is 340 g/mol. The number of nitrogens with zero attached hydrogens (tertiary/aromatic N) is 2. The van der Waals surface area contributed by atoms with E-state index in [0.717, 1.165) is 18.4 Å². The molecule has 120 valence electrons. The summed E-state index contributed by atoms with van der Waals surface area (Å²) in [6.45, 7) is 1.00. The lowest BCUT2D eigenvalue weighted by molar-refractivity contribution is 0.261. The summed E-state index contributed by atoms with van der Waals surface area (Å²) in [6, 6.07) is 12.1. The third kappa shape index (κ3) is 4.22. The van der Waals surface area contributed by atoms with Crippen LogP contribution in [0.2, 0.25) is 0 Å². The van der Waals surface area contributed by atoms with E-state index in [1.54, 1.807) is 4.31 Å². The SMILES string of the molecule is N#C[C@@H](c1ccccc1)C1CCN(S(=O)(=O)CCCCl)CC1. The lowest BCUT2D eigenvalue weighted by Crippen LogP contribution is -2.40. The molecule has 1 fully saturated rings. The Morgan fingerprint density at radius 1 is 1.27 bits per heavy atom. The largest absolute Gasteiger partial charge is 0.214 e. The van der Waals surface area contributed by atoms with Crippen molar-refractivity contribution in [3.05, 3.63) is 35.9 Å². The molecule has 22 heavy (non-hydrogen) atoms. The Morgan fingerprint density at radius 3 is 2.45 bits per heavy atom. The Morgan fingerprint density at radius 2 is 1.91 bits per heavy atom. The molecule has 1 aliphatic heterocycles. The molecule has 1 aromatic rings. The van der Waals surface area contributed by atoms with E-state index in [9.17, 15) is 13.7 Å². The molecule has 1 atom stereocenters. The molecule has 1 saturated heterocycles. The molecule has 0 unspecified atom stereocenters. The second kappa shape index (κ2) is 7.96. The molecule has 0 spiro atoms. The molecule has 1 aliphatic rings. The normalized spacial score (nSPS) is 18.7. The van der Waals surface area contributed by atoms with Gasteiger partial charge in [-0.2, -0.15) is 5.26 Å². The molecular formula is C16H21ClN2O2S. The van der Waals surface area contributed by atoms with Gasteiger partial charge >= 0.3 is 0 Å². The van der Waals surface area contributed by atoms with Crippen molar-refractivity contribution in [3.8, 4) is 6.07 Å². The van der Waals surface area contributed by atoms with Gasteiger partial charge < -0.3 is 0 Å². The molecule has 0 aromatic heterocycles. The van der Waals surface area contributed by atoms with Crippen molar-refractivity contribution in [2.24, 2.45) is 5.92 Å². The maximum atomic E-state index is 12.2. The van der Waals surface area contributed by atoms with Gasteiger partial charge in [-0.15, -0.1) is 11.6 Å². The van der Waals surface area contributed by atoms with Gasteiger partial charge in [-0.25, -0.2) is 12.7 Å². The molecule has 0 N–H and O–H groups in total. The van der Waals surface area contributed by atoms with Crippen LogP contribution in [-0.2, 0) is 10.0 Å². The standard InChI is InChI=1S/C16H21ClN2O2S/c17-9-4-12-22(20,21)19-10-7-15(8-11-19)16(13-18)14-5-2-1-3-6-14/h1-3,5-6,15-16H,4,7-12H2/t16-/m0/s1. The number of halogens is 1. The third-order valence-electron chi connectivity index (χ3n) is 4.20. The van der Waals surface area contributed by atoms with Crippen molar-refractivity contribution in [1.82, 2.24) is 4.31 Å². The Labute approximate surface area is 137 Å². The van der Waals surface area contributed by atoms with Crippen molar-refractivity contribution in [2.75, 3.05) is 24.7 Å². The quantitative estimate of drug-likeness (QED) is 0.748. The van der Waals surface area contributed by atoms with Crippen LogP contribution in [0.5, 0.6) is 0 Å². The van der Waals surface area contributed by atoms with E-state index in [4.69, 9.17) is 11.6 Å². The summed E-state index contributed by atoms with van der Waals surface area (Å²) in [7, 11) is -3.20. The van der Waals surface area contributed by atoms with E-state index in [1.165, 1.54) is 0 Å². The summed E-state index contributed by atoms with van der Waals surface area (Å²) in [6.07, 6.45) is 1.94. The lowest BCUT2D eigenvalue weighted by Gasteiger charge is -2.33. The minimum atomic E-state index is -3.20. The Kier molecular flexibility index (Phi) is 6.25. The number of rotatable bonds is 6. The summed E-state index contributed by atoms with van der Waals surface area (Å²) in [5.74, 6) is 0.530. The molecule has 1 heterocycles. The number of alkyl halides is 1. The second-order valence-electron chi connectivity index (χ2n) is 5.61. The fourth-order valence-electron chi connectivity index (χ4n) is 2.97. The smallest absolute Gasteiger partial charge is 0.212 e. The summed E-state index contributed by atoms with van der Waals surface area (Å²) >= 11 is 5.58. The van der Waals surface area contributed by atoms with Crippen molar-refractivity contribution < 1.29 is 8.42 Å². The minimum absolute atomic E-state index is 0.113. The van der Waals surface area contributed by atoms with E-state index in [0.29, 0.717) is 25.4 Å². The summed E-state index contributed by atoms with van der Waals surface area (Å²) in [5.41, 5.74) is 1.02. The number of benzene rings is 1. The van der Waals surface area contributed by atoms with Gasteiger partial charge in [-0.1, -0.05) is 30.3 Å². The maximum absolute atomic E-state index is 12.2. The third-order valence-corrected chi connectivity index (χ3v) is 6.42. The predicted octanol–water partition coefficient (Wildman–Crippen LogP) is 2.96. The molecule has 0 saturated carbocycles. The highest BCUT2D eigenvalue weighted by Gasteiger charge is 2.32. The van der Waals surface area contributed by atoms with Gasteiger partial charge in [0.05, 0.1) is 17.7 Å². The maximum Gasteiger partial charge on any atom is 0.214 e. The molecule has 0 bridgehead atoms. The van der Waals surface area contributed by atoms with Crippen LogP contribution in [0, 0.1) is 17.2 Å². The Hall–Kier alpha value is -1.09. The first-order valence-electron chi connectivity index (χ1n) is 7.57. The topological polar surface area (TPSA) is 61.2 Å². The fraction of sp³-hybridized carbons (Fsp3) is 0.562. The van der Waals surface area contributed by atoms with Crippen LogP contribution in [-0.4, -0.2) is 37.4 Å². The highest BCUT2D eigenvalue weighted by atomic mass is 35.5. The van der Waals surface area contributed by atoms with Crippen LogP contribution >= 0.6 is 11.6 Å². The number of hydrogen-bond donors (Lipinski definition) is 0. The highest BCUT2D eigenvalue weighted by molar-refractivity contribution is 7.89. The van der Waals surface area contributed by atoms with Crippen molar-refractivity contribution in [2.45, 2.75) is 25.2 Å². The zero-order chi connectivity index (χ0) is 16.0. The molecule has 4 nitrogen and oxygen atoms in total. The first-order valence-corrected chi connectivity index (χ1v) is 9.71. The Balaban J connectivity index is 1.98. The number of hydrogen-bond acceptors (Lipinski definition) is 3. The van der Waals surface area contributed by atoms with Gasteiger partial charge in [-0.05, 0) is 30.7 Å². The average Bonchev–Trinajstić information content (AvgIpc) is 2.55. The van der Waals surface area contributed by atoms with Crippen molar-refractivity contribution in [3.63, 3.8) is 0 Å². The first kappa shape index (κ1) is 17.3. The average molecular weight is 341 g/mol. The van der Waals surface area contributed by atoms with Crippen molar-refractivity contribution >= 4 is 21.6 Å². The molecule has 2 rings (SSSR count). The van der Waals surface area contributed by atoms with Crippen LogP contribution in [0.25, 0.3) is 0 Å². The van der Waals surface area contributed by atoms with E-state index in [1.807, 2.05) is 30.3 Å². The minimum Gasteiger partial charge on any atom is -0.212 e. The van der Waals surface area contributed by atoms with Crippen LogP contribution < -0.4 is 0 Å². The summed E-state index contributed by atoms with van der Waals surface area (Å²) in [5, 5.41) is 9.48. The zero-order valence-corrected chi connectivity index (χ0v) is 14.1. The summed E-state index contributed by atoms with van der Waals surface area (Å²) < 4.78 is 25.9. The molecule has 1 aromatic carbocycles. The van der Waals surface area contributed by atoms with Gasteiger partial charge in [0.15, 0.2) is 0 Å². The van der Waals surface area contributed by atoms with E-state index in [-0.39, 0.29) is 17.6 Å². The fourth-order valence-corrected chi connectivity index (χ4v) is 4.79. The van der Waals surface area contributed by atoms with Crippen LogP contribution in [0.4, 0.5) is 0 Å². The second-order valence-corrected chi connectivity index (χ2v) is 8.08.